The summed E-state index contributed by atoms with van der Waals surface area (Å²) < 4.78 is 0. The van der Waals surface area contributed by atoms with Crippen LogP contribution < -0.4 is 5.73 Å². The van der Waals surface area contributed by atoms with E-state index in [9.17, 15) is 0 Å². The zero-order valence-electron chi connectivity index (χ0n) is 11.7. The van der Waals surface area contributed by atoms with Crippen LogP contribution >= 0.6 is 0 Å². The van der Waals surface area contributed by atoms with Crippen LogP contribution in [0.1, 0.15) is 69.4 Å². The maximum absolute atomic E-state index is 6.44. The molecule has 1 atom stereocenters. The van der Waals surface area contributed by atoms with E-state index in [-0.39, 0.29) is 5.54 Å². The van der Waals surface area contributed by atoms with Gasteiger partial charge in [-0.25, -0.2) is 0 Å². The van der Waals surface area contributed by atoms with Gasteiger partial charge in [-0.15, -0.1) is 0 Å². The van der Waals surface area contributed by atoms with Gasteiger partial charge in [-0.05, 0) is 54.6 Å². The lowest BCUT2D eigenvalue weighted by atomic mass is 9.69. The molecule has 0 heterocycles. The first kappa shape index (κ1) is 12.2. The number of benzene rings is 1. The van der Waals surface area contributed by atoms with Crippen molar-refractivity contribution in [2.45, 2.75) is 63.8 Å². The van der Waals surface area contributed by atoms with Gasteiger partial charge in [-0.3, -0.25) is 0 Å². The van der Waals surface area contributed by atoms with Crippen LogP contribution in [0.5, 0.6) is 0 Å². The molecule has 0 radical (unpaired) electrons. The summed E-state index contributed by atoms with van der Waals surface area (Å²) in [5.74, 6) is 0.728. The molecule has 1 aromatic rings. The number of hydrogen-bond acceptors (Lipinski definition) is 1. The molecule has 2 aliphatic carbocycles. The topological polar surface area (TPSA) is 26.0 Å². The standard InChI is InChI=1S/C17H25N/c1-16(2)9-5-6-13(12-16)14-7-3-4-8-15(14)17(18)10-11-17/h3-4,7-8,13H,5-6,9-12,18H2,1-2H3. The summed E-state index contributed by atoms with van der Waals surface area (Å²) in [5, 5.41) is 0. The predicted molar refractivity (Wildman–Crippen MR) is 76.5 cm³/mol. The average molecular weight is 243 g/mol. The van der Waals surface area contributed by atoms with Crippen molar-refractivity contribution < 1.29 is 0 Å². The van der Waals surface area contributed by atoms with E-state index in [1.807, 2.05) is 0 Å². The van der Waals surface area contributed by atoms with Crippen molar-refractivity contribution in [1.82, 2.24) is 0 Å². The van der Waals surface area contributed by atoms with Crippen molar-refractivity contribution >= 4 is 0 Å². The third-order valence-electron chi connectivity index (χ3n) is 4.93. The van der Waals surface area contributed by atoms with E-state index >= 15 is 0 Å². The van der Waals surface area contributed by atoms with E-state index in [0.29, 0.717) is 5.41 Å². The highest BCUT2D eigenvalue weighted by molar-refractivity contribution is 5.39. The molecule has 3 rings (SSSR count). The monoisotopic (exact) mass is 243 g/mol. The van der Waals surface area contributed by atoms with Gasteiger partial charge in [-0.1, -0.05) is 44.5 Å². The molecule has 1 nitrogen and oxygen atoms in total. The van der Waals surface area contributed by atoms with Gasteiger partial charge in [0.2, 0.25) is 0 Å². The molecule has 0 bridgehead atoms. The third-order valence-corrected chi connectivity index (χ3v) is 4.93. The second-order valence-corrected chi connectivity index (χ2v) is 7.20. The molecule has 1 aromatic carbocycles. The lowest BCUT2D eigenvalue weighted by Crippen LogP contribution is -2.26. The van der Waals surface area contributed by atoms with Crippen LogP contribution in [0.25, 0.3) is 0 Å². The SMILES string of the molecule is CC1(C)CCCC(c2ccccc2C2(N)CC2)C1. The lowest BCUT2D eigenvalue weighted by Gasteiger charge is -2.36. The van der Waals surface area contributed by atoms with Crippen molar-refractivity contribution in [1.29, 1.82) is 0 Å². The minimum Gasteiger partial charge on any atom is -0.321 e. The molecule has 0 spiro atoms. The second-order valence-electron chi connectivity index (χ2n) is 7.20. The van der Waals surface area contributed by atoms with E-state index in [4.69, 9.17) is 5.73 Å². The summed E-state index contributed by atoms with van der Waals surface area (Å²) in [6, 6.07) is 8.93. The molecule has 1 heteroatoms. The van der Waals surface area contributed by atoms with E-state index in [0.717, 1.165) is 5.92 Å². The van der Waals surface area contributed by atoms with E-state index < -0.39 is 0 Å². The van der Waals surface area contributed by atoms with Gasteiger partial charge in [0.1, 0.15) is 0 Å². The first-order chi connectivity index (χ1) is 8.50. The minimum absolute atomic E-state index is 0.0121. The largest absolute Gasteiger partial charge is 0.321 e. The summed E-state index contributed by atoms with van der Waals surface area (Å²) in [7, 11) is 0. The van der Waals surface area contributed by atoms with E-state index in [1.165, 1.54) is 44.1 Å². The van der Waals surface area contributed by atoms with Crippen molar-refractivity contribution in [2.24, 2.45) is 11.1 Å². The molecule has 2 N–H and O–H groups in total. The third kappa shape index (κ3) is 2.21. The lowest BCUT2D eigenvalue weighted by molar-refractivity contribution is 0.218. The summed E-state index contributed by atoms with van der Waals surface area (Å²) in [6.45, 7) is 4.83. The zero-order valence-corrected chi connectivity index (χ0v) is 11.7. The number of nitrogens with two attached hydrogens (primary N) is 1. The summed E-state index contributed by atoms with van der Waals surface area (Å²) in [4.78, 5) is 0. The van der Waals surface area contributed by atoms with Crippen LogP contribution in [-0.4, -0.2) is 0 Å². The quantitative estimate of drug-likeness (QED) is 0.822. The number of hydrogen-bond donors (Lipinski definition) is 1. The molecule has 0 aromatic heterocycles. The van der Waals surface area contributed by atoms with Gasteiger partial charge in [-0.2, -0.15) is 0 Å². The average Bonchev–Trinajstić information content (AvgIpc) is 3.07. The fourth-order valence-electron chi connectivity index (χ4n) is 3.67. The Labute approximate surface area is 111 Å². The van der Waals surface area contributed by atoms with Crippen LogP contribution in [0, 0.1) is 5.41 Å². The highest BCUT2D eigenvalue weighted by atomic mass is 14.8. The summed E-state index contributed by atoms with van der Waals surface area (Å²) >= 11 is 0. The zero-order chi connectivity index (χ0) is 12.8. The van der Waals surface area contributed by atoms with Gasteiger partial charge >= 0.3 is 0 Å². The fourth-order valence-corrected chi connectivity index (χ4v) is 3.67. The second kappa shape index (κ2) is 4.09. The first-order valence-electron chi connectivity index (χ1n) is 7.39. The number of rotatable bonds is 2. The molecular weight excluding hydrogens is 218 g/mol. The van der Waals surface area contributed by atoms with Crippen LogP contribution in [-0.2, 0) is 5.54 Å². The molecule has 2 saturated carbocycles. The fraction of sp³-hybridized carbons (Fsp3) is 0.647. The van der Waals surface area contributed by atoms with Crippen LogP contribution in [0.3, 0.4) is 0 Å². The molecular formula is C17H25N. The van der Waals surface area contributed by atoms with E-state index in [1.54, 1.807) is 5.56 Å². The Kier molecular flexibility index (Phi) is 2.78. The Morgan fingerprint density at radius 1 is 1.11 bits per heavy atom. The molecule has 1 unspecified atom stereocenters. The molecule has 2 fully saturated rings. The van der Waals surface area contributed by atoms with Crippen LogP contribution in [0.4, 0.5) is 0 Å². The van der Waals surface area contributed by atoms with Gasteiger partial charge in [0.05, 0.1) is 0 Å². The highest BCUT2D eigenvalue weighted by Crippen LogP contribution is 2.49. The Bertz CT molecular complexity index is 443. The first-order valence-corrected chi connectivity index (χ1v) is 7.39. The van der Waals surface area contributed by atoms with E-state index in [2.05, 4.69) is 38.1 Å². The predicted octanol–water partition coefficient (Wildman–Crippen LogP) is 4.32. The molecule has 0 amide bonds. The minimum atomic E-state index is 0.0121. The van der Waals surface area contributed by atoms with Crippen molar-refractivity contribution in [2.75, 3.05) is 0 Å². The molecule has 0 saturated heterocycles. The van der Waals surface area contributed by atoms with Crippen molar-refractivity contribution in [3.63, 3.8) is 0 Å². The molecule has 18 heavy (non-hydrogen) atoms. The van der Waals surface area contributed by atoms with Crippen LogP contribution in [0.15, 0.2) is 24.3 Å². The summed E-state index contributed by atoms with van der Waals surface area (Å²) in [6.07, 6.45) is 7.74. The Morgan fingerprint density at radius 2 is 1.83 bits per heavy atom. The Balaban J connectivity index is 1.92. The maximum Gasteiger partial charge on any atom is 0.0414 e. The van der Waals surface area contributed by atoms with Crippen LogP contribution in [0.2, 0.25) is 0 Å². The Morgan fingerprint density at radius 3 is 2.50 bits per heavy atom. The highest BCUT2D eigenvalue weighted by Gasteiger charge is 2.42. The van der Waals surface area contributed by atoms with Crippen molar-refractivity contribution in [3.05, 3.63) is 35.4 Å². The van der Waals surface area contributed by atoms with Crippen molar-refractivity contribution in [3.8, 4) is 0 Å². The molecule has 2 aliphatic rings. The van der Waals surface area contributed by atoms with Gasteiger partial charge < -0.3 is 5.73 Å². The van der Waals surface area contributed by atoms with Gasteiger partial charge in [0.25, 0.3) is 0 Å². The van der Waals surface area contributed by atoms with Gasteiger partial charge in [0.15, 0.2) is 0 Å². The normalized spacial score (nSPS) is 28.9. The maximum atomic E-state index is 6.44. The Hall–Kier alpha value is -0.820. The molecule has 98 valence electrons. The van der Waals surface area contributed by atoms with Gasteiger partial charge in [0, 0.05) is 5.54 Å². The molecule has 0 aliphatic heterocycles. The smallest absolute Gasteiger partial charge is 0.0414 e. The summed E-state index contributed by atoms with van der Waals surface area (Å²) in [5.41, 5.74) is 9.94.